The van der Waals surface area contributed by atoms with Crippen molar-refractivity contribution in [2.24, 2.45) is 0 Å². The molecule has 0 saturated carbocycles. The van der Waals surface area contributed by atoms with Crippen LogP contribution in [0, 0.1) is 0 Å². The average molecular weight is 189 g/mol. The molecule has 0 bridgehead atoms. The number of ether oxygens (including phenoxy) is 1. The maximum atomic E-state index is 12.3. The van der Waals surface area contributed by atoms with Gasteiger partial charge >= 0.3 is 6.18 Å². The largest absolute Gasteiger partial charge is 0.433 e. The smallest absolute Gasteiger partial charge is 0.368 e. The molecular weight excluding hydrogens is 183 g/mol. The summed E-state index contributed by atoms with van der Waals surface area (Å²) < 4.78 is 41.7. The van der Waals surface area contributed by atoms with Crippen molar-refractivity contribution in [1.29, 1.82) is 0 Å². The predicted octanol–water partition coefficient (Wildman–Crippen LogP) is 2.17. The zero-order chi connectivity index (χ0) is 9.47. The van der Waals surface area contributed by atoms with Crippen molar-refractivity contribution in [2.75, 3.05) is 6.61 Å². The molecule has 5 heteroatoms. The average Bonchev–Trinajstić information content (AvgIpc) is 2.85. The molecule has 1 saturated heterocycles. The van der Waals surface area contributed by atoms with Crippen LogP contribution in [0.3, 0.4) is 0 Å². The third-order valence-corrected chi connectivity index (χ3v) is 1.79. The fourth-order valence-electron chi connectivity index (χ4n) is 1.14. The molecule has 1 atom stereocenters. The minimum absolute atomic E-state index is 0.134. The highest BCUT2D eigenvalue weighted by molar-refractivity contribution is 5.27. The maximum Gasteiger partial charge on any atom is 0.433 e. The van der Waals surface area contributed by atoms with Gasteiger partial charge in [0.05, 0.1) is 6.61 Å². The van der Waals surface area contributed by atoms with Crippen molar-refractivity contribution < 1.29 is 17.9 Å². The second kappa shape index (κ2) is 2.70. The second-order valence-electron chi connectivity index (χ2n) is 2.76. The number of halogens is 3. The Labute approximate surface area is 72.4 Å². The first-order valence-corrected chi connectivity index (χ1v) is 3.73. The number of rotatable bonds is 1. The highest BCUT2D eigenvalue weighted by atomic mass is 19.4. The molecule has 1 aromatic heterocycles. The zero-order valence-corrected chi connectivity index (χ0v) is 6.51. The van der Waals surface area contributed by atoms with Gasteiger partial charge in [-0.05, 0) is 6.07 Å². The van der Waals surface area contributed by atoms with E-state index in [1.807, 2.05) is 0 Å². The van der Waals surface area contributed by atoms with Crippen LogP contribution in [0.2, 0.25) is 0 Å². The minimum atomic E-state index is -4.39. The highest BCUT2D eigenvalue weighted by Gasteiger charge is 2.40. The molecule has 0 aromatic carbocycles. The van der Waals surface area contributed by atoms with Crippen molar-refractivity contribution in [3.8, 4) is 0 Å². The first-order chi connectivity index (χ1) is 6.09. The quantitative estimate of drug-likeness (QED) is 0.632. The van der Waals surface area contributed by atoms with E-state index in [0.717, 1.165) is 6.20 Å². The molecular formula is C8H6F3NO. The number of epoxide rings is 1. The topological polar surface area (TPSA) is 25.4 Å². The van der Waals surface area contributed by atoms with Crippen molar-refractivity contribution >= 4 is 0 Å². The van der Waals surface area contributed by atoms with Gasteiger partial charge in [0.25, 0.3) is 0 Å². The number of hydrogen-bond donors (Lipinski definition) is 0. The van der Waals surface area contributed by atoms with E-state index in [4.69, 9.17) is 4.74 Å². The molecule has 2 heterocycles. The van der Waals surface area contributed by atoms with Gasteiger partial charge in [-0.3, -0.25) is 4.98 Å². The van der Waals surface area contributed by atoms with Crippen molar-refractivity contribution in [3.05, 3.63) is 29.6 Å². The molecule has 70 valence electrons. The van der Waals surface area contributed by atoms with Crippen LogP contribution in [0.4, 0.5) is 13.2 Å². The number of hydrogen-bond acceptors (Lipinski definition) is 2. The number of alkyl halides is 3. The molecule has 1 aliphatic rings. The second-order valence-corrected chi connectivity index (χ2v) is 2.76. The fourth-order valence-corrected chi connectivity index (χ4v) is 1.14. The maximum absolute atomic E-state index is 12.3. The molecule has 0 spiro atoms. The van der Waals surface area contributed by atoms with Gasteiger partial charge in [0.15, 0.2) is 0 Å². The summed E-state index contributed by atoms with van der Waals surface area (Å²) in [5.74, 6) is 0. The van der Waals surface area contributed by atoms with Crippen LogP contribution in [0.25, 0.3) is 0 Å². The van der Waals surface area contributed by atoms with E-state index in [0.29, 0.717) is 6.61 Å². The Kier molecular flexibility index (Phi) is 1.76. The Hall–Kier alpha value is -1.10. The standard InChI is InChI=1S/C8H6F3NO/c9-8(10,11)7-5(6-4-13-6)2-1-3-12-7/h1-3,6H,4H2/t6-/m1/s1. The zero-order valence-electron chi connectivity index (χ0n) is 6.51. The van der Waals surface area contributed by atoms with Crippen LogP contribution in [-0.4, -0.2) is 11.6 Å². The Morgan fingerprint density at radius 2 is 2.15 bits per heavy atom. The first-order valence-electron chi connectivity index (χ1n) is 3.73. The van der Waals surface area contributed by atoms with Crippen molar-refractivity contribution in [2.45, 2.75) is 12.3 Å². The lowest BCUT2D eigenvalue weighted by molar-refractivity contribution is -0.142. The van der Waals surface area contributed by atoms with Crippen LogP contribution >= 0.6 is 0 Å². The summed E-state index contributed by atoms with van der Waals surface area (Å²) in [5, 5.41) is 0. The highest BCUT2D eigenvalue weighted by Crippen LogP contribution is 2.38. The van der Waals surface area contributed by atoms with Crippen LogP contribution in [0.5, 0.6) is 0 Å². The normalized spacial score (nSPS) is 21.6. The van der Waals surface area contributed by atoms with E-state index >= 15 is 0 Å². The monoisotopic (exact) mass is 189 g/mol. The summed E-state index contributed by atoms with van der Waals surface area (Å²) in [5.41, 5.74) is -0.701. The molecule has 2 rings (SSSR count). The lowest BCUT2D eigenvalue weighted by atomic mass is 10.1. The van der Waals surface area contributed by atoms with Crippen LogP contribution in [0.15, 0.2) is 18.3 Å². The number of aromatic nitrogens is 1. The molecule has 0 aliphatic carbocycles. The van der Waals surface area contributed by atoms with E-state index in [9.17, 15) is 13.2 Å². The third kappa shape index (κ3) is 1.65. The van der Waals surface area contributed by atoms with Crippen LogP contribution in [-0.2, 0) is 10.9 Å². The summed E-state index contributed by atoms with van der Waals surface area (Å²) in [6.45, 7) is 0.356. The fraction of sp³-hybridized carbons (Fsp3) is 0.375. The summed E-state index contributed by atoms with van der Waals surface area (Å²) in [6.07, 6.45) is -3.66. The summed E-state index contributed by atoms with van der Waals surface area (Å²) in [4.78, 5) is 3.31. The van der Waals surface area contributed by atoms with Crippen LogP contribution < -0.4 is 0 Å². The molecule has 0 amide bonds. The van der Waals surface area contributed by atoms with Crippen molar-refractivity contribution in [1.82, 2.24) is 4.98 Å². The lowest BCUT2D eigenvalue weighted by Crippen LogP contribution is -2.11. The Bertz CT molecular complexity index is 319. The predicted molar refractivity (Wildman–Crippen MR) is 37.9 cm³/mol. The van der Waals surface area contributed by atoms with E-state index < -0.39 is 18.0 Å². The summed E-state index contributed by atoms with van der Waals surface area (Å²) in [7, 11) is 0. The molecule has 13 heavy (non-hydrogen) atoms. The minimum Gasteiger partial charge on any atom is -0.368 e. The number of nitrogens with zero attached hydrogens (tertiary/aromatic N) is 1. The van der Waals surface area contributed by atoms with Gasteiger partial charge in [0, 0.05) is 11.8 Å². The van der Waals surface area contributed by atoms with Gasteiger partial charge in [-0.15, -0.1) is 0 Å². The molecule has 0 radical (unpaired) electrons. The SMILES string of the molecule is FC(F)(F)c1ncccc1[C@H]1CO1. The lowest BCUT2D eigenvalue weighted by Gasteiger charge is -2.08. The molecule has 2 nitrogen and oxygen atoms in total. The van der Waals surface area contributed by atoms with Gasteiger partial charge in [-0.2, -0.15) is 13.2 Å². The molecule has 0 N–H and O–H groups in total. The van der Waals surface area contributed by atoms with E-state index in [2.05, 4.69) is 4.98 Å². The third-order valence-electron chi connectivity index (χ3n) is 1.79. The van der Waals surface area contributed by atoms with E-state index in [-0.39, 0.29) is 5.56 Å². The van der Waals surface area contributed by atoms with Gasteiger partial charge in [0.2, 0.25) is 0 Å². The molecule has 1 aliphatic heterocycles. The molecule has 0 unspecified atom stereocenters. The van der Waals surface area contributed by atoms with Crippen LogP contribution in [0.1, 0.15) is 17.4 Å². The number of pyridine rings is 1. The molecule has 1 fully saturated rings. The summed E-state index contributed by atoms with van der Waals surface area (Å²) in [6, 6.07) is 2.87. The Balaban J connectivity index is 2.43. The van der Waals surface area contributed by atoms with E-state index in [1.54, 1.807) is 0 Å². The molecule has 1 aromatic rings. The van der Waals surface area contributed by atoms with Gasteiger partial charge < -0.3 is 4.74 Å². The first kappa shape index (κ1) is 8.50. The van der Waals surface area contributed by atoms with E-state index in [1.165, 1.54) is 12.1 Å². The summed E-state index contributed by atoms with van der Waals surface area (Å²) >= 11 is 0. The van der Waals surface area contributed by atoms with Crippen molar-refractivity contribution in [3.63, 3.8) is 0 Å². The van der Waals surface area contributed by atoms with Gasteiger partial charge in [-0.25, -0.2) is 0 Å². The van der Waals surface area contributed by atoms with Gasteiger partial charge in [0.1, 0.15) is 11.8 Å². The Morgan fingerprint density at radius 3 is 2.69 bits per heavy atom. The van der Waals surface area contributed by atoms with Gasteiger partial charge in [-0.1, -0.05) is 6.07 Å². The Morgan fingerprint density at radius 1 is 1.46 bits per heavy atom.